The van der Waals surface area contributed by atoms with Gasteiger partial charge in [0.1, 0.15) is 11.7 Å². The fourth-order valence-electron chi connectivity index (χ4n) is 3.39. The Hall–Kier alpha value is -2.32. The number of hydrogen-bond acceptors (Lipinski definition) is 5. The Bertz CT molecular complexity index is 743. The predicted octanol–water partition coefficient (Wildman–Crippen LogP) is 0.604. The number of benzene rings is 1. The number of likely N-dealkylation sites (tertiary alicyclic amines) is 1. The lowest BCUT2D eigenvalue weighted by Crippen LogP contribution is -3.14. The van der Waals surface area contributed by atoms with Crippen molar-refractivity contribution in [3.8, 4) is 5.75 Å². The van der Waals surface area contributed by atoms with Crippen LogP contribution >= 0.6 is 11.6 Å². The first kappa shape index (κ1) is 23.0. The van der Waals surface area contributed by atoms with Gasteiger partial charge in [-0.1, -0.05) is 11.6 Å². The number of quaternary nitrogens is 1. The van der Waals surface area contributed by atoms with Gasteiger partial charge < -0.3 is 24.6 Å². The fourth-order valence-corrected chi connectivity index (χ4v) is 3.57. The Balaban J connectivity index is 1.86. The molecule has 2 atom stereocenters. The van der Waals surface area contributed by atoms with Gasteiger partial charge in [0.25, 0.3) is 5.91 Å². The Kier molecular flexibility index (Phi) is 8.72. The number of ether oxygens (including phenoxy) is 2. The minimum Gasteiger partial charge on any atom is -0.495 e. The van der Waals surface area contributed by atoms with Crippen molar-refractivity contribution in [1.29, 1.82) is 0 Å². The molecular weight excluding hydrogens is 398 g/mol. The van der Waals surface area contributed by atoms with Gasteiger partial charge in [-0.2, -0.15) is 0 Å². The predicted molar refractivity (Wildman–Crippen MR) is 109 cm³/mol. The number of esters is 1. The molecule has 0 bridgehead atoms. The van der Waals surface area contributed by atoms with Gasteiger partial charge in [-0.25, -0.2) is 0 Å². The molecule has 29 heavy (non-hydrogen) atoms. The van der Waals surface area contributed by atoms with Crippen LogP contribution in [0.4, 0.5) is 5.69 Å². The molecular formula is C20H29ClN3O5+. The molecule has 2 rings (SSSR count). The number of rotatable bonds is 8. The summed E-state index contributed by atoms with van der Waals surface area (Å²) >= 11 is 5.97. The van der Waals surface area contributed by atoms with E-state index in [1.165, 1.54) is 12.0 Å². The second-order valence-corrected chi connectivity index (χ2v) is 7.55. The van der Waals surface area contributed by atoms with Crippen molar-refractivity contribution in [2.45, 2.75) is 19.8 Å². The molecule has 0 saturated carbocycles. The topological polar surface area (TPSA) is 89.4 Å². The standard InChI is InChI=1S/C20H28ClN3O5/c1-4-29-20(27)14-6-5-9-24(11-14)13-19(26)23(2)12-18(25)22-16-10-15(21)7-8-17(16)28-3/h7-8,10,14H,4-6,9,11-13H2,1-3H3,(H,22,25)/p+1/t14-/m0/s1. The first-order valence-electron chi connectivity index (χ1n) is 9.71. The third-order valence-corrected chi connectivity index (χ3v) is 5.12. The molecule has 0 aromatic heterocycles. The second kappa shape index (κ2) is 11.0. The Morgan fingerprint density at radius 1 is 1.34 bits per heavy atom. The lowest BCUT2D eigenvalue weighted by molar-refractivity contribution is -0.899. The first-order chi connectivity index (χ1) is 13.8. The van der Waals surface area contributed by atoms with Gasteiger partial charge in [0.2, 0.25) is 5.91 Å². The second-order valence-electron chi connectivity index (χ2n) is 7.11. The zero-order valence-corrected chi connectivity index (χ0v) is 17.9. The van der Waals surface area contributed by atoms with Crippen LogP contribution in [0.25, 0.3) is 0 Å². The number of carbonyl (C=O) groups excluding carboxylic acids is 3. The van der Waals surface area contributed by atoms with E-state index in [1.807, 2.05) is 0 Å². The number of nitrogens with one attached hydrogen (secondary N) is 2. The van der Waals surface area contributed by atoms with E-state index in [4.69, 9.17) is 21.1 Å². The third kappa shape index (κ3) is 6.90. The zero-order chi connectivity index (χ0) is 21.4. The van der Waals surface area contributed by atoms with Gasteiger partial charge in [0.15, 0.2) is 6.54 Å². The molecule has 9 heteroatoms. The minimum atomic E-state index is -0.348. The molecule has 1 fully saturated rings. The number of methoxy groups -OCH3 is 1. The number of hydrogen-bond donors (Lipinski definition) is 2. The molecule has 2 amide bonds. The number of piperidine rings is 1. The summed E-state index contributed by atoms with van der Waals surface area (Å²) in [7, 11) is 3.09. The van der Waals surface area contributed by atoms with E-state index < -0.39 is 0 Å². The van der Waals surface area contributed by atoms with Crippen LogP contribution in [0.5, 0.6) is 5.75 Å². The summed E-state index contributed by atoms with van der Waals surface area (Å²) in [4.78, 5) is 39.3. The smallest absolute Gasteiger partial charge is 0.314 e. The molecule has 0 spiro atoms. The quantitative estimate of drug-likeness (QED) is 0.594. The number of halogens is 1. The SMILES string of the molecule is CCOC(=O)[C@H]1CCC[NH+](CC(=O)N(C)CC(=O)Nc2cc(Cl)ccc2OC)C1. The summed E-state index contributed by atoms with van der Waals surface area (Å²) in [5.74, 6) is -0.382. The van der Waals surface area contributed by atoms with Crippen LogP contribution in [0, 0.1) is 5.92 Å². The van der Waals surface area contributed by atoms with Crippen LogP contribution in [-0.4, -0.2) is 69.6 Å². The van der Waals surface area contributed by atoms with Crippen molar-refractivity contribution in [3.05, 3.63) is 23.2 Å². The average molecular weight is 427 g/mol. The van der Waals surface area contributed by atoms with Crippen molar-refractivity contribution in [2.75, 3.05) is 52.3 Å². The van der Waals surface area contributed by atoms with Crippen LogP contribution in [-0.2, 0) is 19.1 Å². The monoisotopic (exact) mass is 426 g/mol. The van der Waals surface area contributed by atoms with Gasteiger partial charge in [0, 0.05) is 12.1 Å². The lowest BCUT2D eigenvalue weighted by Gasteiger charge is -2.29. The van der Waals surface area contributed by atoms with E-state index in [1.54, 1.807) is 32.2 Å². The molecule has 1 aromatic carbocycles. The van der Waals surface area contributed by atoms with E-state index in [9.17, 15) is 14.4 Å². The summed E-state index contributed by atoms with van der Waals surface area (Å²) < 4.78 is 10.3. The molecule has 8 nitrogen and oxygen atoms in total. The van der Waals surface area contributed by atoms with Crippen molar-refractivity contribution in [2.24, 2.45) is 5.92 Å². The van der Waals surface area contributed by atoms with Gasteiger partial charge in [-0.3, -0.25) is 14.4 Å². The van der Waals surface area contributed by atoms with Crippen LogP contribution in [0.2, 0.25) is 5.02 Å². The average Bonchev–Trinajstić information content (AvgIpc) is 2.68. The molecule has 2 N–H and O–H groups in total. The number of anilines is 1. The van der Waals surface area contributed by atoms with Crippen LogP contribution in [0.15, 0.2) is 18.2 Å². The summed E-state index contributed by atoms with van der Waals surface area (Å²) in [5, 5.41) is 3.19. The number of carbonyl (C=O) groups is 3. The minimum absolute atomic E-state index is 0.0942. The summed E-state index contributed by atoms with van der Waals surface area (Å²) in [6.07, 6.45) is 1.65. The van der Waals surface area contributed by atoms with Crippen LogP contribution in [0.3, 0.4) is 0 Å². The van der Waals surface area contributed by atoms with Crippen LogP contribution < -0.4 is 15.0 Å². The largest absolute Gasteiger partial charge is 0.495 e. The Morgan fingerprint density at radius 2 is 2.10 bits per heavy atom. The van der Waals surface area contributed by atoms with Crippen LogP contribution in [0.1, 0.15) is 19.8 Å². The molecule has 1 saturated heterocycles. The van der Waals surface area contributed by atoms with Gasteiger partial charge in [-0.05, 0) is 38.0 Å². The molecule has 0 aliphatic carbocycles. The van der Waals surface area contributed by atoms with Crippen molar-refractivity contribution in [3.63, 3.8) is 0 Å². The van der Waals surface area contributed by atoms with Crippen molar-refractivity contribution in [1.82, 2.24) is 4.90 Å². The summed E-state index contributed by atoms with van der Waals surface area (Å²) in [6, 6.07) is 4.91. The first-order valence-corrected chi connectivity index (χ1v) is 10.1. The van der Waals surface area contributed by atoms with Gasteiger partial charge in [0.05, 0.1) is 39.0 Å². The number of likely N-dealkylation sites (N-methyl/N-ethyl adjacent to an activating group) is 1. The normalized spacial score (nSPS) is 18.6. The molecule has 1 unspecified atom stereocenters. The molecule has 1 aliphatic heterocycles. The summed E-state index contributed by atoms with van der Waals surface area (Å²) in [5.41, 5.74) is 0.449. The van der Waals surface area contributed by atoms with Crippen molar-refractivity contribution >= 4 is 35.1 Å². The maximum Gasteiger partial charge on any atom is 0.314 e. The van der Waals surface area contributed by atoms with E-state index in [0.717, 1.165) is 24.3 Å². The van der Waals surface area contributed by atoms with E-state index >= 15 is 0 Å². The van der Waals surface area contributed by atoms with Crippen molar-refractivity contribution < 1.29 is 28.8 Å². The summed E-state index contributed by atoms with van der Waals surface area (Å²) in [6.45, 7) is 3.68. The van der Waals surface area contributed by atoms with E-state index in [2.05, 4.69) is 5.32 Å². The molecule has 1 heterocycles. The number of nitrogens with zero attached hydrogens (tertiary/aromatic N) is 1. The number of amides is 2. The lowest BCUT2D eigenvalue weighted by atomic mass is 9.98. The van der Waals surface area contributed by atoms with Gasteiger partial charge >= 0.3 is 5.97 Å². The third-order valence-electron chi connectivity index (χ3n) is 4.88. The van der Waals surface area contributed by atoms with E-state index in [0.29, 0.717) is 29.6 Å². The Morgan fingerprint density at radius 3 is 2.79 bits per heavy atom. The molecule has 1 aromatic rings. The zero-order valence-electron chi connectivity index (χ0n) is 17.1. The van der Waals surface area contributed by atoms with Gasteiger partial charge in [-0.15, -0.1) is 0 Å². The highest BCUT2D eigenvalue weighted by Gasteiger charge is 2.31. The maximum absolute atomic E-state index is 12.5. The molecule has 160 valence electrons. The molecule has 1 aliphatic rings. The fraction of sp³-hybridized carbons (Fsp3) is 0.550. The Labute approximate surface area is 176 Å². The highest BCUT2D eigenvalue weighted by atomic mass is 35.5. The highest BCUT2D eigenvalue weighted by molar-refractivity contribution is 6.31. The highest BCUT2D eigenvalue weighted by Crippen LogP contribution is 2.27. The van der Waals surface area contributed by atoms with E-state index in [-0.39, 0.29) is 36.8 Å². The maximum atomic E-state index is 12.5. The molecule has 0 radical (unpaired) electrons.